The summed E-state index contributed by atoms with van der Waals surface area (Å²) < 4.78 is 13.3. The van der Waals surface area contributed by atoms with Crippen molar-refractivity contribution in [2.75, 3.05) is 17.7 Å². The molecular formula is C12H13FN4. The minimum Gasteiger partial charge on any atom is -0.372 e. The zero-order chi connectivity index (χ0) is 12.3. The lowest BCUT2D eigenvalue weighted by Gasteiger charge is -2.09. The second kappa shape index (κ2) is 4.78. The van der Waals surface area contributed by atoms with Crippen molar-refractivity contribution < 1.29 is 4.39 Å². The first kappa shape index (κ1) is 11.3. The molecule has 0 radical (unpaired) electrons. The van der Waals surface area contributed by atoms with E-state index < -0.39 is 0 Å². The van der Waals surface area contributed by atoms with E-state index in [-0.39, 0.29) is 5.82 Å². The molecule has 2 rings (SSSR count). The van der Waals surface area contributed by atoms with Crippen LogP contribution in [0, 0.1) is 12.7 Å². The summed E-state index contributed by atoms with van der Waals surface area (Å²) in [4.78, 5) is 8.27. The highest BCUT2D eigenvalue weighted by atomic mass is 19.1. The van der Waals surface area contributed by atoms with Crippen molar-refractivity contribution in [2.24, 2.45) is 0 Å². The molecule has 4 nitrogen and oxygen atoms in total. The molecule has 0 atom stereocenters. The van der Waals surface area contributed by atoms with Gasteiger partial charge in [0.2, 0.25) is 0 Å². The second-order valence-electron chi connectivity index (χ2n) is 3.58. The monoisotopic (exact) mass is 232 g/mol. The molecule has 2 N–H and O–H groups in total. The van der Waals surface area contributed by atoms with E-state index in [1.54, 1.807) is 38.5 Å². The molecule has 0 bridgehead atoms. The van der Waals surface area contributed by atoms with Crippen LogP contribution in [0.25, 0.3) is 0 Å². The first-order valence-electron chi connectivity index (χ1n) is 5.22. The van der Waals surface area contributed by atoms with E-state index in [1.807, 2.05) is 0 Å². The molecule has 0 aliphatic carbocycles. The van der Waals surface area contributed by atoms with E-state index in [9.17, 15) is 4.39 Å². The second-order valence-corrected chi connectivity index (χ2v) is 3.58. The molecule has 0 fully saturated rings. The minimum absolute atomic E-state index is 0.243. The lowest BCUT2D eigenvalue weighted by atomic mass is 10.2. The van der Waals surface area contributed by atoms with Gasteiger partial charge in [-0.2, -0.15) is 0 Å². The third kappa shape index (κ3) is 2.50. The standard InChI is InChI=1S/C12H13FN4/c1-8-9(13)4-3-5-10(8)16-12-7-15-6-11(14-2)17-12/h3-7H,1-2H3,(H2,14,16,17). The molecule has 0 unspecified atom stereocenters. The third-order valence-corrected chi connectivity index (χ3v) is 2.42. The SMILES string of the molecule is CNc1cncc(Nc2cccc(F)c2C)n1. The zero-order valence-electron chi connectivity index (χ0n) is 9.66. The lowest BCUT2D eigenvalue weighted by Crippen LogP contribution is -2.00. The number of benzene rings is 1. The van der Waals surface area contributed by atoms with Gasteiger partial charge in [0.05, 0.1) is 12.4 Å². The minimum atomic E-state index is -0.243. The highest BCUT2D eigenvalue weighted by Gasteiger charge is 2.04. The van der Waals surface area contributed by atoms with Crippen molar-refractivity contribution in [1.29, 1.82) is 0 Å². The number of anilines is 3. The van der Waals surface area contributed by atoms with Crippen LogP contribution in [-0.4, -0.2) is 17.0 Å². The van der Waals surface area contributed by atoms with Gasteiger partial charge in [0.15, 0.2) is 5.82 Å². The molecule has 1 heterocycles. The normalized spacial score (nSPS) is 10.1. The Bertz CT molecular complexity index is 528. The summed E-state index contributed by atoms with van der Waals surface area (Å²) in [7, 11) is 1.77. The fraction of sp³-hybridized carbons (Fsp3) is 0.167. The first-order valence-corrected chi connectivity index (χ1v) is 5.22. The molecule has 88 valence electrons. The molecule has 1 aromatic carbocycles. The number of nitrogens with zero attached hydrogens (tertiary/aromatic N) is 2. The van der Waals surface area contributed by atoms with E-state index in [4.69, 9.17) is 0 Å². The van der Waals surface area contributed by atoms with Gasteiger partial charge in [-0.3, -0.25) is 4.98 Å². The van der Waals surface area contributed by atoms with Gasteiger partial charge in [-0.15, -0.1) is 0 Å². The Hall–Kier alpha value is -2.17. The molecule has 5 heteroatoms. The Morgan fingerprint density at radius 1 is 1.18 bits per heavy atom. The topological polar surface area (TPSA) is 49.8 Å². The predicted molar refractivity (Wildman–Crippen MR) is 66.0 cm³/mol. The Kier molecular flexibility index (Phi) is 3.18. The van der Waals surface area contributed by atoms with Crippen molar-refractivity contribution in [3.8, 4) is 0 Å². The van der Waals surface area contributed by atoms with Gasteiger partial charge in [-0.25, -0.2) is 9.37 Å². The Morgan fingerprint density at radius 3 is 2.71 bits per heavy atom. The average molecular weight is 232 g/mol. The van der Waals surface area contributed by atoms with Gasteiger partial charge in [0, 0.05) is 18.3 Å². The van der Waals surface area contributed by atoms with Gasteiger partial charge in [-0.1, -0.05) is 6.07 Å². The summed E-state index contributed by atoms with van der Waals surface area (Å²) >= 11 is 0. The van der Waals surface area contributed by atoms with E-state index in [0.717, 1.165) is 0 Å². The summed E-state index contributed by atoms with van der Waals surface area (Å²) in [6.45, 7) is 1.72. The third-order valence-electron chi connectivity index (χ3n) is 2.42. The van der Waals surface area contributed by atoms with Crippen LogP contribution in [0.2, 0.25) is 0 Å². The smallest absolute Gasteiger partial charge is 0.151 e. The molecule has 0 spiro atoms. The maximum absolute atomic E-state index is 13.3. The van der Waals surface area contributed by atoms with Crippen LogP contribution in [-0.2, 0) is 0 Å². The number of halogens is 1. The predicted octanol–water partition coefficient (Wildman–Crippen LogP) is 2.71. The van der Waals surface area contributed by atoms with Crippen LogP contribution < -0.4 is 10.6 Å². The van der Waals surface area contributed by atoms with Crippen molar-refractivity contribution in [3.63, 3.8) is 0 Å². The van der Waals surface area contributed by atoms with Gasteiger partial charge < -0.3 is 10.6 Å². The Labute approximate surface area is 98.9 Å². The largest absolute Gasteiger partial charge is 0.372 e. The summed E-state index contributed by atoms with van der Waals surface area (Å²) in [5, 5.41) is 5.93. The molecule has 17 heavy (non-hydrogen) atoms. The maximum Gasteiger partial charge on any atom is 0.151 e. The quantitative estimate of drug-likeness (QED) is 0.854. The number of rotatable bonds is 3. The summed E-state index contributed by atoms with van der Waals surface area (Å²) in [6.07, 6.45) is 3.20. The van der Waals surface area contributed by atoms with Crippen LogP contribution >= 0.6 is 0 Å². The first-order chi connectivity index (χ1) is 8.20. The average Bonchev–Trinajstić information content (AvgIpc) is 2.35. The van der Waals surface area contributed by atoms with Crippen LogP contribution in [0.15, 0.2) is 30.6 Å². The Balaban J connectivity index is 2.28. The zero-order valence-corrected chi connectivity index (χ0v) is 9.66. The van der Waals surface area contributed by atoms with Crippen LogP contribution in [0.4, 0.5) is 21.7 Å². The number of nitrogens with one attached hydrogen (secondary N) is 2. The molecule has 0 amide bonds. The maximum atomic E-state index is 13.3. The van der Waals surface area contributed by atoms with E-state index in [1.165, 1.54) is 6.07 Å². The van der Waals surface area contributed by atoms with Crippen molar-refractivity contribution in [3.05, 3.63) is 42.0 Å². The lowest BCUT2D eigenvalue weighted by molar-refractivity contribution is 0.619. The highest BCUT2D eigenvalue weighted by molar-refractivity contribution is 5.60. The fourth-order valence-electron chi connectivity index (χ4n) is 1.43. The summed E-state index contributed by atoms with van der Waals surface area (Å²) in [6, 6.07) is 4.88. The molecule has 0 aliphatic heterocycles. The molecule has 0 saturated heterocycles. The molecule has 2 aromatic rings. The van der Waals surface area contributed by atoms with Gasteiger partial charge in [0.25, 0.3) is 0 Å². The van der Waals surface area contributed by atoms with Crippen molar-refractivity contribution >= 4 is 17.3 Å². The van der Waals surface area contributed by atoms with Gasteiger partial charge in [0.1, 0.15) is 11.6 Å². The number of hydrogen-bond donors (Lipinski definition) is 2. The summed E-state index contributed by atoms with van der Waals surface area (Å²) in [5.74, 6) is 0.988. The van der Waals surface area contributed by atoms with Crippen molar-refractivity contribution in [1.82, 2.24) is 9.97 Å². The van der Waals surface area contributed by atoms with Crippen LogP contribution in [0.1, 0.15) is 5.56 Å². The van der Waals surface area contributed by atoms with Crippen LogP contribution in [0.5, 0.6) is 0 Å². The molecule has 0 saturated carbocycles. The van der Waals surface area contributed by atoms with E-state index >= 15 is 0 Å². The van der Waals surface area contributed by atoms with E-state index in [2.05, 4.69) is 20.6 Å². The number of aromatic nitrogens is 2. The van der Waals surface area contributed by atoms with Crippen molar-refractivity contribution in [2.45, 2.75) is 6.92 Å². The summed E-state index contributed by atoms with van der Waals surface area (Å²) in [5.41, 5.74) is 1.25. The molecule has 1 aromatic heterocycles. The van der Waals surface area contributed by atoms with Crippen LogP contribution in [0.3, 0.4) is 0 Å². The van der Waals surface area contributed by atoms with E-state index in [0.29, 0.717) is 22.9 Å². The molecule has 0 aliphatic rings. The van der Waals surface area contributed by atoms with Gasteiger partial charge >= 0.3 is 0 Å². The number of hydrogen-bond acceptors (Lipinski definition) is 4. The fourth-order valence-corrected chi connectivity index (χ4v) is 1.43. The Morgan fingerprint density at radius 2 is 1.94 bits per heavy atom. The highest BCUT2D eigenvalue weighted by Crippen LogP contribution is 2.21. The van der Waals surface area contributed by atoms with Gasteiger partial charge in [-0.05, 0) is 19.1 Å². The molecular weight excluding hydrogens is 219 g/mol.